The predicted molar refractivity (Wildman–Crippen MR) is 159 cm³/mol. The van der Waals surface area contributed by atoms with Crippen molar-refractivity contribution in [1.29, 1.82) is 0 Å². The summed E-state index contributed by atoms with van der Waals surface area (Å²) in [5.74, 6) is 1.59. The van der Waals surface area contributed by atoms with Crippen molar-refractivity contribution in [3.05, 3.63) is 96.7 Å². The van der Waals surface area contributed by atoms with Crippen molar-refractivity contribution in [2.45, 2.75) is 51.6 Å². The molecule has 39 heavy (non-hydrogen) atoms. The Morgan fingerprint density at radius 1 is 1.08 bits per heavy atom. The maximum absolute atomic E-state index is 13.6. The first kappa shape index (κ1) is 27.5. The number of hydrogen-bond acceptors (Lipinski definition) is 5. The molecular weight excluding hydrogens is 629 g/mol. The standard InChI is InChI=1S/C30H28Br2FN3O3/c1-2-38-27-15-20(14-25(32)28(27)39-18-19-7-6-10-23(33)13-19)17-34-36-29(21-8-4-3-5-9-21)35-26-12-11-22(31)16-24(26)30(36)37/h6-7,10-17,21H,2-5,8-9,18H2,1H3. The molecule has 1 heterocycles. The topological polar surface area (TPSA) is 65.7 Å². The van der Waals surface area contributed by atoms with Crippen LogP contribution in [0.25, 0.3) is 10.9 Å². The fourth-order valence-electron chi connectivity index (χ4n) is 4.87. The monoisotopic (exact) mass is 655 g/mol. The summed E-state index contributed by atoms with van der Waals surface area (Å²) in [7, 11) is 0. The maximum Gasteiger partial charge on any atom is 0.282 e. The Morgan fingerprint density at radius 3 is 2.67 bits per heavy atom. The molecule has 0 spiro atoms. The molecule has 0 saturated heterocycles. The van der Waals surface area contributed by atoms with Gasteiger partial charge in [0.25, 0.3) is 5.56 Å². The first-order valence-electron chi connectivity index (χ1n) is 13.0. The lowest BCUT2D eigenvalue weighted by Crippen LogP contribution is -2.25. The molecule has 5 rings (SSSR count). The third kappa shape index (κ3) is 6.41. The minimum absolute atomic E-state index is 0.181. The van der Waals surface area contributed by atoms with Crippen molar-refractivity contribution >= 4 is 49.0 Å². The lowest BCUT2D eigenvalue weighted by molar-refractivity contribution is 0.267. The van der Waals surface area contributed by atoms with Gasteiger partial charge in [0.2, 0.25) is 0 Å². The smallest absolute Gasteiger partial charge is 0.282 e. The Labute approximate surface area is 243 Å². The van der Waals surface area contributed by atoms with Crippen LogP contribution in [0.5, 0.6) is 11.5 Å². The Morgan fingerprint density at radius 2 is 1.90 bits per heavy atom. The van der Waals surface area contributed by atoms with Crippen LogP contribution in [0, 0.1) is 5.82 Å². The lowest BCUT2D eigenvalue weighted by atomic mass is 9.88. The Balaban J connectivity index is 1.51. The Kier molecular flexibility index (Phi) is 8.77. The molecule has 1 aliphatic carbocycles. The second kappa shape index (κ2) is 12.4. The maximum atomic E-state index is 13.6. The molecule has 0 bridgehead atoms. The predicted octanol–water partition coefficient (Wildman–Crippen LogP) is 7.97. The van der Waals surface area contributed by atoms with E-state index in [1.165, 1.54) is 23.2 Å². The molecular formula is C30H28Br2FN3O3. The summed E-state index contributed by atoms with van der Waals surface area (Å²) in [5.41, 5.74) is 1.91. The summed E-state index contributed by atoms with van der Waals surface area (Å²) in [5, 5.41) is 5.16. The number of ether oxygens (including phenoxy) is 2. The largest absolute Gasteiger partial charge is 0.490 e. The number of aromatic nitrogens is 2. The molecule has 1 aromatic heterocycles. The lowest BCUT2D eigenvalue weighted by Gasteiger charge is -2.22. The van der Waals surface area contributed by atoms with Gasteiger partial charge in [0, 0.05) is 10.4 Å². The van der Waals surface area contributed by atoms with Crippen LogP contribution in [0.3, 0.4) is 0 Å². The first-order chi connectivity index (χ1) is 18.9. The molecule has 6 nitrogen and oxygen atoms in total. The first-order valence-corrected chi connectivity index (χ1v) is 14.6. The summed E-state index contributed by atoms with van der Waals surface area (Å²) in [6, 6.07) is 15.5. The van der Waals surface area contributed by atoms with Crippen LogP contribution in [-0.2, 0) is 6.61 Å². The molecule has 1 aliphatic rings. The van der Waals surface area contributed by atoms with Gasteiger partial charge in [-0.1, -0.05) is 47.3 Å². The molecule has 1 saturated carbocycles. The van der Waals surface area contributed by atoms with Gasteiger partial charge in [0.05, 0.1) is 28.2 Å². The van der Waals surface area contributed by atoms with Crippen molar-refractivity contribution in [1.82, 2.24) is 9.66 Å². The van der Waals surface area contributed by atoms with E-state index in [1.807, 2.05) is 31.2 Å². The minimum Gasteiger partial charge on any atom is -0.490 e. The summed E-state index contributed by atoms with van der Waals surface area (Å²) < 4.78 is 28.4. The number of rotatable bonds is 8. The van der Waals surface area contributed by atoms with Gasteiger partial charge in [-0.3, -0.25) is 4.79 Å². The minimum atomic E-state index is -0.315. The van der Waals surface area contributed by atoms with Crippen molar-refractivity contribution in [3.63, 3.8) is 0 Å². The van der Waals surface area contributed by atoms with E-state index < -0.39 is 0 Å². The highest BCUT2D eigenvalue weighted by atomic mass is 79.9. The van der Waals surface area contributed by atoms with E-state index >= 15 is 0 Å². The zero-order valence-corrected chi connectivity index (χ0v) is 24.7. The van der Waals surface area contributed by atoms with Crippen molar-refractivity contribution < 1.29 is 13.9 Å². The van der Waals surface area contributed by atoms with Crippen molar-refractivity contribution in [2.75, 3.05) is 6.61 Å². The van der Waals surface area contributed by atoms with Crippen molar-refractivity contribution in [2.24, 2.45) is 5.10 Å². The van der Waals surface area contributed by atoms with E-state index in [1.54, 1.807) is 24.4 Å². The van der Waals surface area contributed by atoms with Gasteiger partial charge < -0.3 is 9.47 Å². The van der Waals surface area contributed by atoms with E-state index in [0.29, 0.717) is 44.9 Å². The number of halogens is 3. The third-order valence-corrected chi connectivity index (χ3v) is 7.81. The molecule has 9 heteroatoms. The average Bonchev–Trinajstić information content (AvgIpc) is 2.93. The van der Waals surface area contributed by atoms with E-state index in [9.17, 15) is 9.18 Å². The molecule has 202 valence electrons. The van der Waals surface area contributed by atoms with Gasteiger partial charge in [-0.05, 0) is 89.3 Å². The van der Waals surface area contributed by atoms with Crippen LogP contribution < -0.4 is 15.0 Å². The highest BCUT2D eigenvalue weighted by Gasteiger charge is 2.22. The highest BCUT2D eigenvalue weighted by molar-refractivity contribution is 9.10. The second-order valence-corrected chi connectivity index (χ2v) is 11.3. The highest BCUT2D eigenvalue weighted by Crippen LogP contribution is 2.37. The van der Waals surface area contributed by atoms with E-state index in [2.05, 4.69) is 37.0 Å². The van der Waals surface area contributed by atoms with Crippen LogP contribution in [0.15, 0.2) is 73.4 Å². The van der Waals surface area contributed by atoms with E-state index in [-0.39, 0.29) is 23.9 Å². The SMILES string of the molecule is CCOc1cc(C=Nn2c(C3CCCCC3)nc3ccc(Br)cc3c2=O)cc(Br)c1OCc1cccc(F)c1. The molecule has 0 atom stereocenters. The fraction of sp³-hybridized carbons (Fsp3) is 0.300. The summed E-state index contributed by atoms with van der Waals surface area (Å²) in [6.07, 6.45) is 7.05. The van der Waals surface area contributed by atoms with Gasteiger partial charge in [0.15, 0.2) is 11.5 Å². The van der Waals surface area contributed by atoms with Crippen LogP contribution in [0.2, 0.25) is 0 Å². The summed E-state index contributed by atoms with van der Waals surface area (Å²) in [6.45, 7) is 2.50. The Bertz CT molecular complexity index is 1580. The summed E-state index contributed by atoms with van der Waals surface area (Å²) >= 11 is 7.05. The van der Waals surface area contributed by atoms with Gasteiger partial charge in [-0.25, -0.2) is 9.37 Å². The van der Waals surface area contributed by atoms with Crippen molar-refractivity contribution in [3.8, 4) is 11.5 Å². The Hall–Kier alpha value is -3.04. The normalized spacial score (nSPS) is 14.3. The van der Waals surface area contributed by atoms with Crippen LogP contribution in [-0.4, -0.2) is 22.5 Å². The molecule has 0 aliphatic heterocycles. The molecule has 3 aromatic carbocycles. The summed E-state index contributed by atoms with van der Waals surface area (Å²) in [4.78, 5) is 18.5. The van der Waals surface area contributed by atoms with E-state index in [0.717, 1.165) is 35.7 Å². The van der Waals surface area contributed by atoms with Gasteiger partial charge in [0.1, 0.15) is 18.2 Å². The molecule has 4 aromatic rings. The van der Waals surface area contributed by atoms with Gasteiger partial charge in [-0.15, -0.1) is 0 Å². The molecule has 0 radical (unpaired) electrons. The fourth-order valence-corrected chi connectivity index (χ4v) is 5.81. The molecule has 0 unspecified atom stereocenters. The van der Waals surface area contributed by atoms with E-state index in [4.69, 9.17) is 14.5 Å². The second-order valence-electron chi connectivity index (χ2n) is 9.51. The number of fused-ring (bicyclic) bond motifs is 1. The number of benzene rings is 3. The van der Waals surface area contributed by atoms with Gasteiger partial charge in [-0.2, -0.15) is 9.78 Å². The third-order valence-electron chi connectivity index (χ3n) is 6.73. The number of nitrogens with zero attached hydrogens (tertiary/aromatic N) is 3. The quantitative estimate of drug-likeness (QED) is 0.181. The molecule has 1 fully saturated rings. The van der Waals surface area contributed by atoms with Gasteiger partial charge >= 0.3 is 0 Å². The van der Waals surface area contributed by atoms with Crippen LogP contribution in [0.1, 0.15) is 61.9 Å². The van der Waals surface area contributed by atoms with Crippen LogP contribution >= 0.6 is 31.9 Å². The molecule has 0 N–H and O–H groups in total. The van der Waals surface area contributed by atoms with Crippen LogP contribution in [0.4, 0.5) is 4.39 Å². The molecule has 0 amide bonds. The number of hydrogen-bond donors (Lipinski definition) is 0. The average molecular weight is 657 g/mol. The zero-order valence-electron chi connectivity index (χ0n) is 21.5. The zero-order chi connectivity index (χ0) is 27.4.